The number of carbonyl (C=O) groups excluding carboxylic acids is 1. The first-order valence-electron chi connectivity index (χ1n) is 4.27. The zero-order valence-electron chi connectivity index (χ0n) is 9.10. The van der Waals surface area contributed by atoms with Crippen molar-refractivity contribution < 1.29 is 29.3 Å². The zero-order valence-corrected chi connectivity index (χ0v) is 9.10. The van der Waals surface area contributed by atoms with Crippen molar-refractivity contribution >= 4 is 17.9 Å². The minimum absolute atomic E-state index is 0.312. The Hall–Kier alpha value is -2.11. The molecule has 0 aromatic rings. The lowest BCUT2D eigenvalue weighted by atomic mass is 10.4. The lowest BCUT2D eigenvalue weighted by molar-refractivity contribution is -0.138. The summed E-state index contributed by atoms with van der Waals surface area (Å²) in [7, 11) is 0. The Morgan fingerprint density at radius 3 is 1.69 bits per heavy atom. The summed E-state index contributed by atoms with van der Waals surface area (Å²) in [5.74, 6) is -2.83. The van der Waals surface area contributed by atoms with Crippen LogP contribution in [0.1, 0.15) is 13.8 Å². The van der Waals surface area contributed by atoms with Gasteiger partial charge in [0.1, 0.15) is 0 Å². The van der Waals surface area contributed by atoms with Crippen LogP contribution in [0.2, 0.25) is 0 Å². The van der Waals surface area contributed by atoms with Gasteiger partial charge in [0.15, 0.2) is 0 Å². The molecule has 16 heavy (non-hydrogen) atoms. The van der Waals surface area contributed by atoms with Gasteiger partial charge in [-0.1, -0.05) is 6.58 Å². The largest absolute Gasteiger partial charge is 0.478 e. The van der Waals surface area contributed by atoms with Gasteiger partial charge in [-0.25, -0.2) is 14.4 Å². The van der Waals surface area contributed by atoms with E-state index in [1.54, 1.807) is 13.8 Å². The SMILES string of the molecule is C=C(C)C(=O)OCC.O=C(O)/C=C\C(=O)O. The summed E-state index contributed by atoms with van der Waals surface area (Å²) in [4.78, 5) is 29.5. The third-order valence-electron chi connectivity index (χ3n) is 0.992. The van der Waals surface area contributed by atoms with Crippen LogP contribution in [0.5, 0.6) is 0 Å². The summed E-state index contributed by atoms with van der Waals surface area (Å²) in [5.41, 5.74) is 0.451. The number of hydrogen-bond acceptors (Lipinski definition) is 4. The van der Waals surface area contributed by atoms with E-state index in [0.717, 1.165) is 0 Å². The van der Waals surface area contributed by atoms with Crippen molar-refractivity contribution in [2.75, 3.05) is 6.61 Å². The minimum Gasteiger partial charge on any atom is -0.478 e. The van der Waals surface area contributed by atoms with Gasteiger partial charge in [-0.15, -0.1) is 0 Å². The molecule has 0 fully saturated rings. The summed E-state index contributed by atoms with van der Waals surface area (Å²) in [6.45, 7) is 7.21. The average Bonchev–Trinajstić information content (AvgIpc) is 2.16. The van der Waals surface area contributed by atoms with Gasteiger partial charge in [-0.3, -0.25) is 0 Å². The van der Waals surface area contributed by atoms with Crippen molar-refractivity contribution in [1.29, 1.82) is 0 Å². The predicted octanol–water partition coefficient (Wildman–Crippen LogP) is 0.837. The first-order chi connectivity index (χ1) is 7.31. The summed E-state index contributed by atoms with van der Waals surface area (Å²) in [6.07, 6.45) is 1.12. The molecular formula is C10H14O6. The van der Waals surface area contributed by atoms with E-state index in [1.807, 2.05) is 0 Å². The Bertz CT molecular complexity index is 286. The molecule has 0 atom stereocenters. The molecule has 0 aliphatic carbocycles. The molecular weight excluding hydrogens is 216 g/mol. The van der Waals surface area contributed by atoms with Gasteiger partial charge in [0.25, 0.3) is 0 Å². The Morgan fingerprint density at radius 2 is 1.56 bits per heavy atom. The predicted molar refractivity (Wildman–Crippen MR) is 55.9 cm³/mol. The second kappa shape index (κ2) is 9.45. The maximum absolute atomic E-state index is 10.4. The van der Waals surface area contributed by atoms with Crippen LogP contribution in [0, 0.1) is 0 Å². The Balaban J connectivity index is 0. The first kappa shape index (κ1) is 16.3. The summed E-state index contributed by atoms with van der Waals surface area (Å²) < 4.78 is 4.56. The van der Waals surface area contributed by atoms with E-state index < -0.39 is 11.9 Å². The Kier molecular flexibility index (Phi) is 9.64. The van der Waals surface area contributed by atoms with Gasteiger partial charge in [0, 0.05) is 17.7 Å². The molecule has 90 valence electrons. The van der Waals surface area contributed by atoms with Crippen LogP contribution in [-0.4, -0.2) is 34.7 Å². The number of aliphatic carboxylic acids is 2. The molecule has 0 aromatic carbocycles. The highest BCUT2D eigenvalue weighted by Gasteiger charge is 1.98. The van der Waals surface area contributed by atoms with Gasteiger partial charge in [0.2, 0.25) is 0 Å². The maximum Gasteiger partial charge on any atom is 0.333 e. The van der Waals surface area contributed by atoms with Crippen LogP contribution < -0.4 is 0 Å². The summed E-state index contributed by atoms with van der Waals surface area (Å²) >= 11 is 0. The van der Waals surface area contributed by atoms with Crippen LogP contribution in [0.4, 0.5) is 0 Å². The number of hydrogen-bond donors (Lipinski definition) is 2. The molecule has 0 radical (unpaired) electrons. The molecule has 2 N–H and O–H groups in total. The number of carboxylic acid groups (broad SMARTS) is 2. The quantitative estimate of drug-likeness (QED) is 0.548. The zero-order chi connectivity index (χ0) is 13.1. The highest BCUT2D eigenvalue weighted by molar-refractivity contribution is 5.89. The Morgan fingerprint density at radius 1 is 1.19 bits per heavy atom. The normalized spacial score (nSPS) is 8.88. The average molecular weight is 230 g/mol. The van der Waals surface area contributed by atoms with E-state index in [0.29, 0.717) is 24.3 Å². The van der Waals surface area contributed by atoms with Gasteiger partial charge < -0.3 is 14.9 Å². The molecule has 0 aliphatic heterocycles. The van der Waals surface area contributed by atoms with Gasteiger partial charge in [-0.05, 0) is 13.8 Å². The molecule has 6 nitrogen and oxygen atoms in total. The standard InChI is InChI=1S/C6H10O2.C4H4O4/c1-4-8-6(7)5(2)3;5-3(6)1-2-4(7)8/h2,4H2,1,3H3;1-2H,(H,5,6)(H,7,8)/b;2-1-. The van der Waals surface area contributed by atoms with Crippen molar-refractivity contribution in [3.63, 3.8) is 0 Å². The van der Waals surface area contributed by atoms with E-state index in [-0.39, 0.29) is 5.97 Å². The maximum atomic E-state index is 10.4. The van der Waals surface area contributed by atoms with Crippen molar-refractivity contribution in [3.8, 4) is 0 Å². The fourth-order valence-corrected chi connectivity index (χ4v) is 0.397. The van der Waals surface area contributed by atoms with E-state index in [2.05, 4.69) is 11.3 Å². The molecule has 0 saturated heterocycles. The number of rotatable bonds is 4. The summed E-state index contributed by atoms with van der Waals surface area (Å²) in [6, 6.07) is 0. The van der Waals surface area contributed by atoms with E-state index in [1.165, 1.54) is 0 Å². The van der Waals surface area contributed by atoms with Crippen molar-refractivity contribution in [3.05, 3.63) is 24.3 Å². The molecule has 0 amide bonds. The fraction of sp³-hybridized carbons (Fsp3) is 0.300. The van der Waals surface area contributed by atoms with E-state index in [4.69, 9.17) is 10.2 Å². The summed E-state index contributed by atoms with van der Waals surface area (Å²) in [5, 5.41) is 15.6. The molecule has 0 spiro atoms. The molecule has 0 saturated carbocycles. The monoisotopic (exact) mass is 230 g/mol. The smallest absolute Gasteiger partial charge is 0.333 e. The van der Waals surface area contributed by atoms with Crippen molar-refractivity contribution in [2.45, 2.75) is 13.8 Å². The van der Waals surface area contributed by atoms with Crippen molar-refractivity contribution in [1.82, 2.24) is 0 Å². The molecule has 0 aromatic heterocycles. The molecule has 0 unspecified atom stereocenters. The van der Waals surface area contributed by atoms with Crippen LogP contribution in [0.25, 0.3) is 0 Å². The van der Waals surface area contributed by atoms with E-state index >= 15 is 0 Å². The van der Waals surface area contributed by atoms with Gasteiger partial charge >= 0.3 is 17.9 Å². The lowest BCUT2D eigenvalue weighted by Gasteiger charge is -1.96. The molecule has 0 bridgehead atoms. The van der Waals surface area contributed by atoms with Crippen LogP contribution in [0.3, 0.4) is 0 Å². The number of ether oxygens (including phenoxy) is 1. The van der Waals surface area contributed by atoms with Gasteiger partial charge in [0.05, 0.1) is 6.61 Å². The van der Waals surface area contributed by atoms with Crippen LogP contribution in [-0.2, 0) is 19.1 Å². The third kappa shape index (κ3) is 14.4. The second-order valence-electron chi connectivity index (χ2n) is 2.51. The van der Waals surface area contributed by atoms with Crippen LogP contribution in [0.15, 0.2) is 24.3 Å². The van der Waals surface area contributed by atoms with E-state index in [9.17, 15) is 14.4 Å². The fourth-order valence-electron chi connectivity index (χ4n) is 0.397. The number of esters is 1. The first-order valence-corrected chi connectivity index (χ1v) is 4.27. The second-order valence-corrected chi connectivity index (χ2v) is 2.51. The molecule has 6 heteroatoms. The highest BCUT2D eigenvalue weighted by Crippen LogP contribution is 1.89. The van der Waals surface area contributed by atoms with Crippen molar-refractivity contribution in [2.24, 2.45) is 0 Å². The topological polar surface area (TPSA) is 101 Å². The number of carbonyl (C=O) groups is 3. The van der Waals surface area contributed by atoms with Crippen LogP contribution >= 0.6 is 0 Å². The number of carboxylic acids is 2. The highest BCUT2D eigenvalue weighted by atomic mass is 16.5. The van der Waals surface area contributed by atoms with Gasteiger partial charge in [-0.2, -0.15) is 0 Å². The molecule has 0 aliphatic rings. The third-order valence-corrected chi connectivity index (χ3v) is 0.992. The lowest BCUT2D eigenvalue weighted by Crippen LogP contribution is -2.03. The minimum atomic E-state index is -1.26. The molecule has 0 rings (SSSR count). The Labute approximate surface area is 92.8 Å². The molecule has 0 heterocycles.